The number of hydrazine groups is 1. The van der Waals surface area contributed by atoms with Gasteiger partial charge in [0.25, 0.3) is 0 Å². The second-order valence-electron chi connectivity index (χ2n) is 6.27. The fourth-order valence-electron chi connectivity index (χ4n) is 2.08. The van der Waals surface area contributed by atoms with Crippen molar-refractivity contribution in [3.8, 4) is 0 Å². The second kappa shape index (κ2) is 10.4. The van der Waals surface area contributed by atoms with E-state index in [-0.39, 0.29) is 0 Å². The van der Waals surface area contributed by atoms with Crippen molar-refractivity contribution in [3.05, 3.63) is 29.8 Å². The number of nitrogens with one attached hydrogen (secondary N) is 4. The predicted octanol–water partition coefficient (Wildman–Crippen LogP) is 3.88. The van der Waals surface area contributed by atoms with Crippen LogP contribution in [0.25, 0.3) is 0 Å². The van der Waals surface area contributed by atoms with Crippen molar-refractivity contribution in [2.24, 2.45) is 5.92 Å². The molecule has 6 heteroatoms. The zero-order chi connectivity index (χ0) is 17.2. The van der Waals surface area contributed by atoms with Crippen molar-refractivity contribution < 1.29 is 0 Å². The maximum absolute atomic E-state index is 5.26. The van der Waals surface area contributed by atoms with Crippen molar-refractivity contribution in [1.82, 2.24) is 16.2 Å². The number of thiocarbonyl (C=S) groups is 2. The Morgan fingerprint density at radius 2 is 1.57 bits per heavy atom. The van der Waals surface area contributed by atoms with E-state index in [1.807, 2.05) is 31.2 Å². The lowest BCUT2D eigenvalue weighted by atomic mass is 10.0. The van der Waals surface area contributed by atoms with Crippen LogP contribution < -0.4 is 21.5 Å². The molecule has 128 valence electrons. The van der Waals surface area contributed by atoms with Crippen LogP contribution in [0.1, 0.15) is 45.6 Å². The van der Waals surface area contributed by atoms with E-state index in [1.54, 1.807) is 0 Å². The van der Waals surface area contributed by atoms with E-state index in [4.69, 9.17) is 24.4 Å². The molecule has 1 aromatic carbocycles. The van der Waals surface area contributed by atoms with E-state index in [1.165, 1.54) is 18.4 Å². The molecular weight excluding hydrogens is 324 g/mol. The molecule has 0 heterocycles. The van der Waals surface area contributed by atoms with E-state index >= 15 is 0 Å². The van der Waals surface area contributed by atoms with Gasteiger partial charge in [-0.2, -0.15) is 0 Å². The average Bonchev–Trinajstić information content (AvgIpc) is 2.47. The Morgan fingerprint density at radius 1 is 0.957 bits per heavy atom. The first-order valence-corrected chi connectivity index (χ1v) is 8.88. The molecule has 4 nitrogen and oxygen atoms in total. The molecule has 0 unspecified atom stereocenters. The summed E-state index contributed by atoms with van der Waals surface area (Å²) in [5.74, 6) is 0.749. The number of hydrogen-bond acceptors (Lipinski definition) is 2. The standard InChI is InChI=1S/C17H28N4S2/c1-12(2)6-5-7-14(4)18-16(22)20-21-17(23)19-15-10-8-13(3)9-11-15/h8-12,14H,5-7H2,1-4H3,(H2,18,20,22)(H2,19,21,23)/t14-/m0/s1. The highest BCUT2D eigenvalue weighted by Crippen LogP contribution is 2.08. The Bertz CT molecular complexity index is 500. The smallest absolute Gasteiger partial charge is 0.189 e. The van der Waals surface area contributed by atoms with Crippen LogP contribution in [0.4, 0.5) is 5.69 Å². The van der Waals surface area contributed by atoms with Crippen molar-refractivity contribution in [3.63, 3.8) is 0 Å². The van der Waals surface area contributed by atoms with E-state index in [0.29, 0.717) is 16.3 Å². The van der Waals surface area contributed by atoms with Gasteiger partial charge in [-0.3, -0.25) is 10.9 Å². The van der Waals surface area contributed by atoms with Gasteiger partial charge < -0.3 is 10.6 Å². The lowest BCUT2D eigenvalue weighted by Crippen LogP contribution is -2.50. The monoisotopic (exact) mass is 352 g/mol. The van der Waals surface area contributed by atoms with Crippen LogP contribution >= 0.6 is 24.4 Å². The van der Waals surface area contributed by atoms with Gasteiger partial charge in [0, 0.05) is 11.7 Å². The highest BCUT2D eigenvalue weighted by molar-refractivity contribution is 7.80. The molecule has 0 aliphatic rings. The van der Waals surface area contributed by atoms with Crippen LogP contribution in [-0.4, -0.2) is 16.3 Å². The van der Waals surface area contributed by atoms with Gasteiger partial charge in [0.05, 0.1) is 0 Å². The third-order valence-corrected chi connectivity index (χ3v) is 3.82. The molecule has 0 fully saturated rings. The quantitative estimate of drug-likeness (QED) is 0.460. The Hall–Kier alpha value is -1.40. The third kappa shape index (κ3) is 9.36. The van der Waals surface area contributed by atoms with Crippen LogP contribution in [0.5, 0.6) is 0 Å². The van der Waals surface area contributed by atoms with Crippen molar-refractivity contribution in [2.75, 3.05) is 5.32 Å². The molecule has 0 spiro atoms. The first-order valence-electron chi connectivity index (χ1n) is 8.07. The molecule has 1 rings (SSSR count). The molecule has 1 aromatic rings. The van der Waals surface area contributed by atoms with Crippen LogP contribution in [0.15, 0.2) is 24.3 Å². The SMILES string of the molecule is Cc1ccc(NC(=S)NNC(=S)N[C@@H](C)CCCC(C)C)cc1. The lowest BCUT2D eigenvalue weighted by Gasteiger charge is -2.18. The van der Waals surface area contributed by atoms with Gasteiger partial charge in [0.2, 0.25) is 0 Å². The first kappa shape index (κ1) is 19.6. The van der Waals surface area contributed by atoms with E-state index < -0.39 is 0 Å². The predicted molar refractivity (Wildman–Crippen MR) is 108 cm³/mol. The minimum atomic E-state index is 0.342. The van der Waals surface area contributed by atoms with Crippen LogP contribution in [-0.2, 0) is 0 Å². The topological polar surface area (TPSA) is 48.1 Å². The molecule has 0 aliphatic carbocycles. The summed E-state index contributed by atoms with van der Waals surface area (Å²) in [6, 6.07) is 8.37. The highest BCUT2D eigenvalue weighted by Gasteiger charge is 2.05. The molecule has 23 heavy (non-hydrogen) atoms. The zero-order valence-electron chi connectivity index (χ0n) is 14.4. The molecular formula is C17H28N4S2. The van der Waals surface area contributed by atoms with Gasteiger partial charge in [-0.15, -0.1) is 0 Å². The fourth-order valence-corrected chi connectivity index (χ4v) is 2.50. The summed E-state index contributed by atoms with van der Waals surface area (Å²) in [5.41, 5.74) is 7.96. The van der Waals surface area contributed by atoms with Crippen molar-refractivity contribution in [1.29, 1.82) is 0 Å². The van der Waals surface area contributed by atoms with Gasteiger partial charge in [0.1, 0.15) is 0 Å². The van der Waals surface area contributed by atoms with E-state index in [0.717, 1.165) is 18.0 Å². The zero-order valence-corrected chi connectivity index (χ0v) is 16.0. The van der Waals surface area contributed by atoms with Crippen molar-refractivity contribution >= 4 is 40.3 Å². The summed E-state index contributed by atoms with van der Waals surface area (Å²) < 4.78 is 0. The van der Waals surface area contributed by atoms with E-state index in [9.17, 15) is 0 Å². The molecule has 0 saturated carbocycles. The Balaban J connectivity index is 2.21. The summed E-state index contributed by atoms with van der Waals surface area (Å²) in [6.07, 6.45) is 3.55. The summed E-state index contributed by atoms with van der Waals surface area (Å²) in [4.78, 5) is 0. The summed E-state index contributed by atoms with van der Waals surface area (Å²) in [7, 11) is 0. The Labute approximate surface area is 150 Å². The molecule has 0 saturated heterocycles. The summed E-state index contributed by atoms with van der Waals surface area (Å²) in [5, 5.41) is 7.37. The van der Waals surface area contributed by atoms with E-state index in [2.05, 4.69) is 42.3 Å². The molecule has 0 amide bonds. The summed E-state index contributed by atoms with van der Waals surface area (Å²) >= 11 is 10.5. The average molecular weight is 353 g/mol. The molecule has 0 aromatic heterocycles. The van der Waals surface area contributed by atoms with Crippen LogP contribution in [0.3, 0.4) is 0 Å². The fraction of sp³-hybridized carbons (Fsp3) is 0.529. The molecule has 0 bridgehead atoms. The Kier molecular flexibility index (Phi) is 8.87. The second-order valence-corrected chi connectivity index (χ2v) is 7.09. The third-order valence-electron chi connectivity index (χ3n) is 3.40. The summed E-state index contributed by atoms with van der Waals surface area (Å²) in [6.45, 7) is 8.68. The Morgan fingerprint density at radius 3 is 2.17 bits per heavy atom. The highest BCUT2D eigenvalue weighted by atomic mass is 32.1. The normalized spacial score (nSPS) is 11.7. The molecule has 0 aliphatic heterocycles. The number of benzene rings is 1. The molecule has 0 radical (unpaired) electrons. The van der Waals surface area contributed by atoms with Gasteiger partial charge in [0.15, 0.2) is 10.2 Å². The molecule has 1 atom stereocenters. The maximum atomic E-state index is 5.26. The number of rotatable bonds is 6. The number of aryl methyl sites for hydroxylation is 1. The minimum absolute atomic E-state index is 0.342. The largest absolute Gasteiger partial charge is 0.359 e. The number of anilines is 1. The number of hydrogen-bond donors (Lipinski definition) is 4. The van der Waals surface area contributed by atoms with Crippen LogP contribution in [0.2, 0.25) is 0 Å². The minimum Gasteiger partial charge on any atom is -0.359 e. The lowest BCUT2D eigenvalue weighted by molar-refractivity contribution is 0.492. The van der Waals surface area contributed by atoms with Gasteiger partial charge >= 0.3 is 0 Å². The molecule has 4 N–H and O–H groups in total. The first-order chi connectivity index (χ1) is 10.9. The van der Waals surface area contributed by atoms with Crippen molar-refractivity contribution in [2.45, 2.75) is 53.0 Å². The van der Waals surface area contributed by atoms with Gasteiger partial charge in [-0.25, -0.2) is 0 Å². The maximum Gasteiger partial charge on any atom is 0.189 e. The van der Waals surface area contributed by atoms with Crippen LogP contribution in [0, 0.1) is 12.8 Å². The van der Waals surface area contributed by atoms with Gasteiger partial charge in [-0.1, -0.05) is 44.4 Å². The van der Waals surface area contributed by atoms with Gasteiger partial charge in [-0.05, 0) is 62.8 Å².